The van der Waals surface area contributed by atoms with Gasteiger partial charge in [-0.1, -0.05) is 24.4 Å². The van der Waals surface area contributed by atoms with Gasteiger partial charge in [0, 0.05) is 77.4 Å². The molecule has 7 heterocycles. The van der Waals surface area contributed by atoms with Crippen molar-refractivity contribution in [1.82, 2.24) is 50.3 Å². The molecule has 0 bridgehead atoms. The minimum atomic E-state index is -0.460. The smallest absolute Gasteiger partial charge is 0.213 e. The van der Waals surface area contributed by atoms with E-state index in [-0.39, 0.29) is 5.66 Å². The quantitative estimate of drug-likeness (QED) is 0.403. The molecule has 0 spiro atoms. The van der Waals surface area contributed by atoms with Crippen molar-refractivity contribution in [1.29, 1.82) is 0 Å². The van der Waals surface area contributed by atoms with E-state index in [0.717, 1.165) is 78.5 Å². The molecule has 3 unspecified atom stereocenters. The van der Waals surface area contributed by atoms with Gasteiger partial charge in [0.1, 0.15) is 0 Å². The second-order valence-electron chi connectivity index (χ2n) is 11.3. The molecule has 12 heteroatoms. The van der Waals surface area contributed by atoms with Crippen molar-refractivity contribution < 1.29 is 0 Å². The van der Waals surface area contributed by atoms with Crippen LogP contribution in [0.25, 0.3) is 0 Å². The van der Waals surface area contributed by atoms with Gasteiger partial charge >= 0.3 is 0 Å². The molecule has 5 saturated heterocycles. The summed E-state index contributed by atoms with van der Waals surface area (Å²) < 4.78 is 2.77. The molecule has 0 saturated carbocycles. The van der Waals surface area contributed by atoms with Gasteiger partial charge in [-0.15, -0.1) is 0 Å². The van der Waals surface area contributed by atoms with Crippen molar-refractivity contribution in [2.45, 2.75) is 56.0 Å². The zero-order chi connectivity index (χ0) is 24.7. The fraction of sp³-hybridized carbons (Fsp3) is 0.880. The summed E-state index contributed by atoms with van der Waals surface area (Å²) in [4.78, 5) is 10.3. The highest BCUT2D eigenvalue weighted by atomic mass is 32.2. The van der Waals surface area contributed by atoms with E-state index in [1.54, 1.807) is 0 Å². The van der Waals surface area contributed by atoms with Crippen molar-refractivity contribution in [3.05, 3.63) is 12.3 Å². The number of hydrogen-bond acceptors (Lipinski definition) is 12. The first-order valence-corrected chi connectivity index (χ1v) is 15.7. The molecule has 0 amide bonds. The van der Waals surface area contributed by atoms with Crippen molar-refractivity contribution in [2.75, 3.05) is 84.4 Å². The molecule has 0 radical (unpaired) electrons. The number of nitrogens with zero attached hydrogens (tertiary/aromatic N) is 8. The molecule has 0 aromatic rings. The van der Waals surface area contributed by atoms with Gasteiger partial charge in [-0.3, -0.25) is 15.3 Å². The lowest BCUT2D eigenvalue weighted by Crippen LogP contribution is -2.95. The summed E-state index contributed by atoms with van der Waals surface area (Å²) in [5.41, 5.74) is 7.39. The third-order valence-electron chi connectivity index (χ3n) is 9.46. The summed E-state index contributed by atoms with van der Waals surface area (Å²) in [6, 6.07) is 0.371. The van der Waals surface area contributed by atoms with Crippen LogP contribution in [0, 0.1) is 0 Å². The van der Waals surface area contributed by atoms with Gasteiger partial charge in [0.25, 0.3) is 0 Å². The Bertz CT molecular complexity index is 838. The largest absolute Gasteiger partial charge is 0.337 e. The number of piperidine rings is 2. The maximum Gasteiger partial charge on any atom is 0.213 e. The molecule has 0 aliphatic carbocycles. The van der Waals surface area contributed by atoms with E-state index < -0.39 is 5.79 Å². The average molecular weight is 532 g/mol. The first kappa shape index (κ1) is 25.0. The summed E-state index contributed by atoms with van der Waals surface area (Å²) in [7, 11) is 0. The van der Waals surface area contributed by atoms with Crippen LogP contribution < -0.4 is 16.2 Å². The van der Waals surface area contributed by atoms with Gasteiger partial charge in [0.2, 0.25) is 5.79 Å². The van der Waals surface area contributed by atoms with Crippen LogP contribution in [0.2, 0.25) is 0 Å². The van der Waals surface area contributed by atoms with Crippen molar-refractivity contribution >= 4 is 18.3 Å². The van der Waals surface area contributed by atoms with Gasteiger partial charge in [-0.2, -0.15) is 5.01 Å². The highest BCUT2D eigenvalue weighted by molar-refractivity contribution is 7.97. The highest BCUT2D eigenvalue weighted by Crippen LogP contribution is 2.52. The van der Waals surface area contributed by atoms with Gasteiger partial charge in [-0.25, -0.2) is 19.3 Å². The molecular weight excluding hydrogens is 486 g/mol. The number of aliphatic imine (C=N–C) groups is 1. The minimum Gasteiger partial charge on any atom is -0.337 e. The predicted molar refractivity (Wildman–Crippen MR) is 148 cm³/mol. The zero-order valence-electron chi connectivity index (χ0n) is 22.2. The molecule has 7 rings (SSSR count). The summed E-state index contributed by atoms with van der Waals surface area (Å²) >= 11 is 2.08. The molecule has 37 heavy (non-hydrogen) atoms. The maximum absolute atomic E-state index is 4.88. The Balaban J connectivity index is 1.48. The SMILES string of the molecule is C1=CNN(C2(N3CCCN3)N(N3CCCCC3)CCC(N3CCCS3)C2(N2C=NCC2)N2CCNC2)C1. The normalized spacial score (nSPS) is 39.5. The lowest BCUT2D eigenvalue weighted by atomic mass is 9.80. The fourth-order valence-corrected chi connectivity index (χ4v) is 9.33. The molecule has 206 valence electrons. The standard InChI is InChI=1S/C25H45N11S/c1-2-12-32(13-3-1)36-17-7-23(33-14-6-20-37-33)24(30-18-10-26-21-30,31-19-11-27-22-31)25(36,34-15-4-8-28-34)35-16-5-9-29-35/h4,8,21,23,27-29H,1-3,5-7,9-20,22H2. The van der Waals surface area contributed by atoms with Crippen LogP contribution in [-0.2, 0) is 0 Å². The number of hydrazine groups is 3. The number of hydrogen-bond donors (Lipinski definition) is 3. The van der Waals surface area contributed by atoms with Gasteiger partial charge in [0.15, 0.2) is 5.66 Å². The Morgan fingerprint density at radius 3 is 2.51 bits per heavy atom. The molecule has 11 nitrogen and oxygen atoms in total. The van der Waals surface area contributed by atoms with Crippen LogP contribution in [0.5, 0.6) is 0 Å². The Kier molecular flexibility index (Phi) is 7.14. The molecule has 0 aromatic carbocycles. The van der Waals surface area contributed by atoms with E-state index in [4.69, 9.17) is 4.99 Å². The van der Waals surface area contributed by atoms with E-state index in [0.29, 0.717) is 6.04 Å². The molecule has 7 aliphatic heterocycles. The number of nitrogens with one attached hydrogen (secondary N) is 3. The van der Waals surface area contributed by atoms with Crippen molar-refractivity contribution in [2.24, 2.45) is 4.99 Å². The second kappa shape index (κ2) is 10.5. The van der Waals surface area contributed by atoms with Crippen LogP contribution in [0.3, 0.4) is 0 Å². The first-order chi connectivity index (χ1) is 18.4. The molecule has 3 N–H and O–H groups in total. The maximum atomic E-state index is 4.88. The monoisotopic (exact) mass is 531 g/mol. The summed E-state index contributed by atoms with van der Waals surface area (Å²) in [5, 5.41) is 14.5. The molecule has 5 fully saturated rings. The second-order valence-corrected chi connectivity index (χ2v) is 12.5. The first-order valence-electron chi connectivity index (χ1n) is 14.7. The molecule has 7 aliphatic rings. The van der Waals surface area contributed by atoms with E-state index in [1.807, 2.05) is 0 Å². The third-order valence-corrected chi connectivity index (χ3v) is 10.7. The predicted octanol–water partition coefficient (Wildman–Crippen LogP) is -0.0836. The van der Waals surface area contributed by atoms with Crippen molar-refractivity contribution in [3.63, 3.8) is 0 Å². The molecular formula is C25H45N11S. The van der Waals surface area contributed by atoms with E-state index in [1.165, 1.54) is 44.4 Å². The lowest BCUT2D eigenvalue weighted by molar-refractivity contribution is -0.363. The Labute approximate surface area is 226 Å². The summed E-state index contributed by atoms with van der Waals surface area (Å²) in [6.45, 7) is 12.3. The van der Waals surface area contributed by atoms with Crippen LogP contribution >= 0.6 is 11.9 Å². The minimum absolute atomic E-state index is 0.333. The third kappa shape index (κ3) is 3.82. The topological polar surface area (TPSA) is 71.1 Å². The van der Waals surface area contributed by atoms with Crippen LogP contribution in [0.4, 0.5) is 0 Å². The Hall–Kier alpha value is -0.960. The summed E-state index contributed by atoms with van der Waals surface area (Å²) in [5.74, 6) is 0.770. The van der Waals surface area contributed by atoms with Crippen LogP contribution in [0.1, 0.15) is 38.5 Å². The average Bonchev–Trinajstić information content (AvgIpc) is 3.80. The van der Waals surface area contributed by atoms with Gasteiger partial charge < -0.3 is 15.6 Å². The fourth-order valence-electron chi connectivity index (χ4n) is 8.14. The summed E-state index contributed by atoms with van der Waals surface area (Å²) in [6.07, 6.45) is 14.2. The van der Waals surface area contributed by atoms with Gasteiger partial charge in [0.05, 0.1) is 25.6 Å². The Morgan fingerprint density at radius 2 is 1.84 bits per heavy atom. The van der Waals surface area contributed by atoms with Crippen LogP contribution in [-0.4, -0.2) is 142 Å². The van der Waals surface area contributed by atoms with E-state index in [2.05, 4.69) is 80.9 Å². The van der Waals surface area contributed by atoms with E-state index >= 15 is 0 Å². The highest BCUT2D eigenvalue weighted by Gasteiger charge is 2.74. The zero-order valence-corrected chi connectivity index (χ0v) is 23.0. The number of rotatable bonds is 6. The van der Waals surface area contributed by atoms with Crippen LogP contribution in [0.15, 0.2) is 17.3 Å². The molecule has 3 atom stereocenters. The lowest BCUT2D eigenvalue weighted by Gasteiger charge is -2.72. The van der Waals surface area contributed by atoms with Crippen molar-refractivity contribution in [3.8, 4) is 0 Å². The molecule has 0 aromatic heterocycles. The Morgan fingerprint density at radius 1 is 0.892 bits per heavy atom. The van der Waals surface area contributed by atoms with E-state index in [9.17, 15) is 0 Å². The van der Waals surface area contributed by atoms with Gasteiger partial charge in [-0.05, 0) is 32.1 Å².